The highest BCUT2D eigenvalue weighted by molar-refractivity contribution is 14.0. The molecule has 5 heteroatoms. The second-order valence-electron chi connectivity index (χ2n) is 4.27. The first-order chi connectivity index (χ1) is 7.68. The van der Waals surface area contributed by atoms with E-state index in [4.69, 9.17) is 5.73 Å². The molecule has 0 heterocycles. The van der Waals surface area contributed by atoms with E-state index in [1.165, 1.54) is 0 Å². The summed E-state index contributed by atoms with van der Waals surface area (Å²) < 4.78 is 0. The summed E-state index contributed by atoms with van der Waals surface area (Å²) in [5, 5.41) is 12.8. The van der Waals surface area contributed by atoms with Crippen molar-refractivity contribution in [3.05, 3.63) is 30.3 Å². The van der Waals surface area contributed by atoms with Gasteiger partial charge in [0.1, 0.15) is 0 Å². The first kappa shape index (κ1) is 14.2. The fraction of sp³-hybridized carbons (Fsp3) is 0.417. The maximum atomic E-state index is 9.83. The molecular formula is C12H18IN3O. The van der Waals surface area contributed by atoms with Gasteiger partial charge in [0.05, 0.1) is 12.1 Å². The highest BCUT2D eigenvalue weighted by Gasteiger charge is 2.33. The molecule has 0 unspecified atom stereocenters. The molecule has 4 N–H and O–H groups in total. The minimum atomic E-state index is -0.608. The zero-order valence-electron chi connectivity index (χ0n) is 9.60. The maximum absolute atomic E-state index is 9.83. The van der Waals surface area contributed by atoms with Crippen LogP contribution in [-0.4, -0.2) is 23.2 Å². The summed E-state index contributed by atoms with van der Waals surface area (Å²) in [7, 11) is 0. The molecule has 0 radical (unpaired) electrons. The van der Waals surface area contributed by atoms with Crippen molar-refractivity contribution in [1.29, 1.82) is 0 Å². The van der Waals surface area contributed by atoms with Crippen LogP contribution in [0.15, 0.2) is 35.3 Å². The van der Waals surface area contributed by atoms with E-state index < -0.39 is 5.60 Å². The first-order valence-electron chi connectivity index (χ1n) is 5.52. The Hall–Kier alpha value is -0.820. The second-order valence-corrected chi connectivity index (χ2v) is 4.27. The van der Waals surface area contributed by atoms with E-state index in [0.717, 1.165) is 24.9 Å². The topological polar surface area (TPSA) is 70.6 Å². The first-order valence-corrected chi connectivity index (χ1v) is 5.52. The number of aliphatic imine (C=N–C) groups is 1. The molecule has 0 bridgehead atoms. The average Bonchev–Trinajstić information content (AvgIpc) is 2.25. The van der Waals surface area contributed by atoms with E-state index in [1.54, 1.807) is 0 Å². The largest absolute Gasteiger partial charge is 0.388 e. The van der Waals surface area contributed by atoms with Crippen molar-refractivity contribution < 1.29 is 5.11 Å². The molecule has 1 aromatic rings. The van der Waals surface area contributed by atoms with Crippen LogP contribution in [0.5, 0.6) is 0 Å². The molecule has 94 valence electrons. The minimum absolute atomic E-state index is 0. The molecular weight excluding hydrogens is 329 g/mol. The molecule has 0 amide bonds. The van der Waals surface area contributed by atoms with Crippen molar-refractivity contribution in [2.75, 3.05) is 11.9 Å². The van der Waals surface area contributed by atoms with Crippen LogP contribution < -0.4 is 11.1 Å². The number of anilines is 1. The van der Waals surface area contributed by atoms with Gasteiger partial charge in [-0.1, -0.05) is 18.2 Å². The Morgan fingerprint density at radius 2 is 2.00 bits per heavy atom. The standard InChI is InChI=1S/C12H17N3O.HI/c13-11(14-9-12(16)7-4-8-12)15-10-5-2-1-3-6-10;/h1-3,5-6,16H,4,7-9H2,(H3,13,14,15);1H. The minimum Gasteiger partial charge on any atom is -0.388 e. The number of guanidine groups is 1. The summed E-state index contributed by atoms with van der Waals surface area (Å²) in [6, 6.07) is 9.63. The van der Waals surface area contributed by atoms with Gasteiger partial charge in [-0.15, -0.1) is 24.0 Å². The molecule has 0 aliphatic heterocycles. The summed E-state index contributed by atoms with van der Waals surface area (Å²) in [6.07, 6.45) is 2.74. The van der Waals surface area contributed by atoms with Crippen LogP contribution in [0.4, 0.5) is 5.69 Å². The lowest BCUT2D eigenvalue weighted by molar-refractivity contribution is -0.0235. The lowest BCUT2D eigenvalue weighted by atomic mass is 9.80. The lowest BCUT2D eigenvalue weighted by Crippen LogP contribution is -2.41. The number of benzene rings is 1. The molecule has 0 saturated heterocycles. The number of halogens is 1. The Kier molecular flexibility index (Phi) is 5.20. The fourth-order valence-electron chi connectivity index (χ4n) is 1.68. The number of para-hydroxylation sites is 1. The van der Waals surface area contributed by atoms with Gasteiger partial charge >= 0.3 is 0 Å². The number of rotatable bonds is 3. The van der Waals surface area contributed by atoms with E-state index in [1.807, 2.05) is 30.3 Å². The Morgan fingerprint density at radius 1 is 1.35 bits per heavy atom. The average molecular weight is 347 g/mol. The van der Waals surface area contributed by atoms with Crippen LogP contribution in [0.25, 0.3) is 0 Å². The van der Waals surface area contributed by atoms with Gasteiger partial charge in [-0.2, -0.15) is 0 Å². The molecule has 1 aliphatic rings. The van der Waals surface area contributed by atoms with Gasteiger partial charge in [0.2, 0.25) is 0 Å². The van der Waals surface area contributed by atoms with Crippen molar-refractivity contribution >= 4 is 35.6 Å². The molecule has 2 rings (SSSR count). The van der Waals surface area contributed by atoms with Crippen molar-refractivity contribution in [3.63, 3.8) is 0 Å². The van der Waals surface area contributed by atoms with Crippen molar-refractivity contribution in [2.24, 2.45) is 10.7 Å². The molecule has 0 spiro atoms. The van der Waals surface area contributed by atoms with Gasteiger partial charge in [-0.25, -0.2) is 0 Å². The monoisotopic (exact) mass is 347 g/mol. The molecule has 17 heavy (non-hydrogen) atoms. The molecule has 4 nitrogen and oxygen atoms in total. The molecule has 1 aliphatic carbocycles. The van der Waals surface area contributed by atoms with Gasteiger partial charge in [-0.05, 0) is 31.4 Å². The van der Waals surface area contributed by atoms with Gasteiger partial charge in [0, 0.05) is 5.69 Å². The van der Waals surface area contributed by atoms with Gasteiger partial charge < -0.3 is 16.2 Å². The number of hydrogen-bond acceptors (Lipinski definition) is 2. The molecule has 1 fully saturated rings. The van der Waals surface area contributed by atoms with E-state index in [9.17, 15) is 5.11 Å². The summed E-state index contributed by atoms with van der Waals surface area (Å²) in [5.41, 5.74) is 6.02. The van der Waals surface area contributed by atoms with Crippen LogP contribution in [0.2, 0.25) is 0 Å². The van der Waals surface area contributed by atoms with Crippen molar-refractivity contribution in [3.8, 4) is 0 Å². The Labute approximate surface area is 118 Å². The summed E-state index contributed by atoms with van der Waals surface area (Å²) in [6.45, 7) is 0.388. The maximum Gasteiger partial charge on any atom is 0.193 e. The lowest BCUT2D eigenvalue weighted by Gasteiger charge is -2.34. The smallest absolute Gasteiger partial charge is 0.193 e. The van der Waals surface area contributed by atoms with E-state index in [-0.39, 0.29) is 24.0 Å². The number of nitrogens with two attached hydrogens (primary N) is 1. The normalized spacial score (nSPS) is 17.8. The third-order valence-corrected chi connectivity index (χ3v) is 2.87. The fourth-order valence-corrected chi connectivity index (χ4v) is 1.68. The zero-order valence-corrected chi connectivity index (χ0v) is 11.9. The Morgan fingerprint density at radius 3 is 2.53 bits per heavy atom. The summed E-state index contributed by atoms with van der Waals surface area (Å²) >= 11 is 0. The van der Waals surface area contributed by atoms with E-state index >= 15 is 0 Å². The number of nitrogens with one attached hydrogen (secondary N) is 1. The third-order valence-electron chi connectivity index (χ3n) is 2.87. The number of aliphatic hydroxyl groups is 1. The highest BCUT2D eigenvalue weighted by atomic mass is 127. The summed E-state index contributed by atoms with van der Waals surface area (Å²) in [5.74, 6) is 0.353. The van der Waals surface area contributed by atoms with Crippen LogP contribution >= 0.6 is 24.0 Å². The Bertz CT molecular complexity index is 377. The third kappa shape index (κ3) is 4.16. The van der Waals surface area contributed by atoms with Gasteiger partial charge in [0.15, 0.2) is 5.96 Å². The number of nitrogens with zero attached hydrogens (tertiary/aromatic N) is 1. The van der Waals surface area contributed by atoms with E-state index in [2.05, 4.69) is 10.3 Å². The molecule has 1 aromatic carbocycles. The summed E-state index contributed by atoms with van der Waals surface area (Å²) in [4.78, 5) is 4.15. The quantitative estimate of drug-likeness (QED) is 0.445. The zero-order chi connectivity index (χ0) is 11.4. The SMILES string of the molecule is I.NC(=NCC1(O)CCC1)Nc1ccccc1. The van der Waals surface area contributed by atoms with Crippen molar-refractivity contribution in [1.82, 2.24) is 0 Å². The Balaban J connectivity index is 0.00000144. The highest BCUT2D eigenvalue weighted by Crippen LogP contribution is 2.31. The molecule has 0 atom stereocenters. The van der Waals surface area contributed by atoms with Crippen LogP contribution in [0.1, 0.15) is 19.3 Å². The predicted octanol–water partition coefficient (Wildman–Crippen LogP) is 1.95. The van der Waals surface area contributed by atoms with Crippen LogP contribution in [0.3, 0.4) is 0 Å². The molecule has 0 aromatic heterocycles. The van der Waals surface area contributed by atoms with E-state index in [0.29, 0.717) is 12.5 Å². The molecule has 1 saturated carbocycles. The van der Waals surface area contributed by atoms with Crippen LogP contribution in [0, 0.1) is 0 Å². The van der Waals surface area contributed by atoms with Gasteiger partial charge in [0.25, 0.3) is 0 Å². The number of hydrogen-bond donors (Lipinski definition) is 3. The van der Waals surface area contributed by atoms with Gasteiger partial charge in [-0.3, -0.25) is 4.99 Å². The second kappa shape index (κ2) is 6.20. The van der Waals surface area contributed by atoms with Crippen molar-refractivity contribution in [2.45, 2.75) is 24.9 Å². The predicted molar refractivity (Wildman–Crippen MR) is 80.8 cm³/mol. The van der Waals surface area contributed by atoms with Crippen LogP contribution in [-0.2, 0) is 0 Å².